The molecule has 1 aromatic heterocycles. The molecule has 5 rings (SSSR count). The number of nitrogens with zero attached hydrogens (tertiary/aromatic N) is 2. The van der Waals surface area contributed by atoms with Crippen molar-refractivity contribution in [3.05, 3.63) is 81.9 Å². The second kappa shape index (κ2) is 8.48. The normalized spacial score (nSPS) is 15.0. The first-order valence-electron chi connectivity index (χ1n) is 10.1. The molecule has 0 atom stereocenters. The van der Waals surface area contributed by atoms with E-state index in [1.165, 1.54) is 33.3 Å². The van der Waals surface area contributed by atoms with Crippen LogP contribution in [0.5, 0.6) is 0 Å². The van der Waals surface area contributed by atoms with Gasteiger partial charge in [-0.15, -0.1) is 34.9 Å². The number of imide groups is 2. The Morgan fingerprint density at radius 2 is 0.909 bits per heavy atom. The van der Waals surface area contributed by atoms with E-state index in [0.717, 1.165) is 19.5 Å². The van der Waals surface area contributed by atoms with E-state index >= 15 is 0 Å². The van der Waals surface area contributed by atoms with Gasteiger partial charge in [0.05, 0.1) is 43.8 Å². The topological polar surface area (TPSA) is 74.8 Å². The molecule has 2 aliphatic heterocycles. The lowest BCUT2D eigenvalue weighted by Crippen LogP contribution is -2.32. The van der Waals surface area contributed by atoms with Crippen molar-refractivity contribution in [3.63, 3.8) is 0 Å². The summed E-state index contributed by atoms with van der Waals surface area (Å²) in [7, 11) is 0. The molecular weight excluding hydrogens is 476 g/mol. The van der Waals surface area contributed by atoms with Crippen molar-refractivity contribution in [2.75, 3.05) is 12.5 Å². The van der Waals surface area contributed by atoms with Crippen LogP contribution in [0.3, 0.4) is 0 Å². The molecule has 33 heavy (non-hydrogen) atoms. The van der Waals surface area contributed by atoms with E-state index in [-0.39, 0.29) is 36.7 Å². The molecule has 166 valence electrons. The van der Waals surface area contributed by atoms with Crippen LogP contribution >= 0.6 is 34.9 Å². The average Bonchev–Trinajstić information content (AvgIpc) is 3.40. The highest BCUT2D eigenvalue weighted by atomic mass is 32.2. The molecule has 4 amide bonds. The van der Waals surface area contributed by atoms with Crippen LogP contribution in [-0.2, 0) is 13.1 Å². The lowest BCUT2D eigenvalue weighted by atomic mass is 10.1. The Hall–Kier alpha value is -2.88. The summed E-state index contributed by atoms with van der Waals surface area (Å²) in [6.07, 6.45) is 3.88. The molecule has 0 bridgehead atoms. The van der Waals surface area contributed by atoms with Gasteiger partial charge in [0, 0.05) is 11.1 Å². The lowest BCUT2D eigenvalue weighted by molar-refractivity contribution is 0.0615. The second-order valence-corrected chi connectivity index (χ2v) is 10.7. The van der Waals surface area contributed by atoms with Gasteiger partial charge < -0.3 is 0 Å². The summed E-state index contributed by atoms with van der Waals surface area (Å²) in [4.78, 5) is 54.4. The molecule has 0 radical (unpaired) electrons. The highest BCUT2D eigenvalue weighted by molar-refractivity contribution is 8.02. The van der Waals surface area contributed by atoms with Gasteiger partial charge in [0.25, 0.3) is 23.6 Å². The summed E-state index contributed by atoms with van der Waals surface area (Å²) < 4.78 is 1.92. The number of carbonyl (C=O) groups is 4. The third-order valence-electron chi connectivity index (χ3n) is 5.80. The van der Waals surface area contributed by atoms with Crippen LogP contribution in [-0.4, -0.2) is 45.9 Å². The summed E-state index contributed by atoms with van der Waals surface area (Å²) in [5.41, 5.74) is 3.21. The van der Waals surface area contributed by atoms with Crippen LogP contribution in [0, 0.1) is 0 Å². The number of hydrogen-bond donors (Lipinski definition) is 0. The minimum absolute atomic E-state index is 0.0953. The largest absolute Gasteiger partial charge is 0.270 e. The van der Waals surface area contributed by atoms with E-state index in [4.69, 9.17) is 0 Å². The number of thiophene rings is 1. The summed E-state index contributed by atoms with van der Waals surface area (Å²) in [5, 5.41) is 0. The molecule has 3 heterocycles. The van der Waals surface area contributed by atoms with E-state index in [2.05, 4.69) is 0 Å². The number of thioether (sulfide) groups is 2. The highest BCUT2D eigenvalue weighted by Crippen LogP contribution is 2.43. The zero-order valence-corrected chi connectivity index (χ0v) is 20.2. The van der Waals surface area contributed by atoms with Gasteiger partial charge in [-0.25, -0.2) is 0 Å². The molecule has 0 aliphatic carbocycles. The van der Waals surface area contributed by atoms with Crippen molar-refractivity contribution >= 4 is 58.5 Å². The number of carbonyl (C=O) groups excluding carboxylic acids is 4. The number of fused-ring (bicyclic) bond motifs is 2. The van der Waals surface area contributed by atoms with E-state index in [1.54, 1.807) is 59.9 Å². The first-order chi connectivity index (χ1) is 16.0. The summed E-state index contributed by atoms with van der Waals surface area (Å²) in [6, 6.07) is 13.6. The van der Waals surface area contributed by atoms with Crippen LogP contribution in [0.15, 0.2) is 56.9 Å². The van der Waals surface area contributed by atoms with Crippen molar-refractivity contribution in [1.29, 1.82) is 0 Å². The summed E-state index contributed by atoms with van der Waals surface area (Å²) in [6.45, 7) is 0.191. The van der Waals surface area contributed by atoms with Gasteiger partial charge in [0.1, 0.15) is 0 Å². The lowest BCUT2D eigenvalue weighted by Gasteiger charge is -2.19. The van der Waals surface area contributed by atoms with Crippen molar-refractivity contribution in [2.24, 2.45) is 0 Å². The number of benzene rings is 2. The molecule has 0 N–H and O–H groups in total. The Labute approximate surface area is 203 Å². The van der Waals surface area contributed by atoms with Crippen molar-refractivity contribution in [3.8, 4) is 0 Å². The second-order valence-electron chi connectivity index (χ2n) is 7.53. The molecular formula is C24H18N2O4S3. The molecule has 0 saturated heterocycles. The zero-order chi connectivity index (χ0) is 23.3. The first kappa shape index (κ1) is 21.9. The molecule has 0 spiro atoms. The van der Waals surface area contributed by atoms with Crippen molar-refractivity contribution in [1.82, 2.24) is 9.80 Å². The highest BCUT2D eigenvalue weighted by Gasteiger charge is 2.39. The van der Waals surface area contributed by atoms with Gasteiger partial charge in [0.15, 0.2) is 0 Å². The summed E-state index contributed by atoms with van der Waals surface area (Å²) in [5.74, 6) is -1.31. The fourth-order valence-corrected chi connectivity index (χ4v) is 7.17. The van der Waals surface area contributed by atoms with Gasteiger partial charge in [-0.2, -0.15) is 0 Å². The maximum Gasteiger partial charge on any atom is 0.261 e. The Morgan fingerprint density at radius 1 is 0.606 bits per heavy atom. The average molecular weight is 495 g/mol. The maximum atomic E-state index is 13.0. The molecule has 0 saturated carbocycles. The van der Waals surface area contributed by atoms with Gasteiger partial charge in [-0.1, -0.05) is 24.3 Å². The van der Waals surface area contributed by atoms with E-state index in [9.17, 15) is 19.2 Å². The van der Waals surface area contributed by atoms with Crippen LogP contribution in [0.1, 0.15) is 52.6 Å². The maximum absolute atomic E-state index is 13.0. The van der Waals surface area contributed by atoms with Crippen molar-refractivity contribution < 1.29 is 19.2 Å². The first-order valence-corrected chi connectivity index (χ1v) is 13.4. The predicted octanol–water partition coefficient (Wildman–Crippen LogP) is 4.78. The Balaban J connectivity index is 1.52. The Morgan fingerprint density at radius 3 is 1.18 bits per heavy atom. The minimum atomic E-state index is -0.328. The monoisotopic (exact) mass is 494 g/mol. The van der Waals surface area contributed by atoms with E-state index in [1.807, 2.05) is 12.5 Å². The molecule has 3 aromatic rings. The van der Waals surface area contributed by atoms with Gasteiger partial charge in [-0.3, -0.25) is 29.0 Å². The summed E-state index contributed by atoms with van der Waals surface area (Å²) >= 11 is 4.61. The SMILES string of the molecule is CSc1sc(SC)c(CN2C(=O)c3ccccc3C2=O)c1CN1C(=O)c2ccccc2C1=O. The molecule has 2 aromatic carbocycles. The molecule has 6 nitrogen and oxygen atoms in total. The van der Waals surface area contributed by atoms with Crippen LogP contribution in [0.2, 0.25) is 0 Å². The molecule has 9 heteroatoms. The fourth-order valence-electron chi connectivity index (χ4n) is 4.19. The van der Waals surface area contributed by atoms with Crippen LogP contribution in [0.25, 0.3) is 0 Å². The fraction of sp³-hybridized carbons (Fsp3) is 0.167. The molecule has 0 fully saturated rings. The molecule has 2 aliphatic rings. The van der Waals surface area contributed by atoms with Crippen molar-refractivity contribution in [2.45, 2.75) is 21.5 Å². The van der Waals surface area contributed by atoms with Gasteiger partial charge in [0.2, 0.25) is 0 Å². The van der Waals surface area contributed by atoms with Gasteiger partial charge in [-0.05, 0) is 36.8 Å². The standard InChI is InChI=1S/C24H18N2O4S3/c1-31-23-17(11-25-19(27)13-7-3-4-8-14(13)20(25)28)18(24(32-2)33-23)12-26-21(29)15-9-5-6-10-16(15)22(26)30/h3-10H,11-12H2,1-2H3. The van der Waals surface area contributed by atoms with Crippen LogP contribution < -0.4 is 0 Å². The number of amides is 4. The van der Waals surface area contributed by atoms with Gasteiger partial charge >= 0.3 is 0 Å². The number of rotatable bonds is 6. The number of hydrogen-bond acceptors (Lipinski definition) is 7. The quantitative estimate of drug-likeness (QED) is 0.363. The zero-order valence-electron chi connectivity index (χ0n) is 17.8. The third-order valence-corrected chi connectivity index (χ3v) is 9.40. The third kappa shape index (κ3) is 3.42. The smallest absolute Gasteiger partial charge is 0.261 e. The minimum Gasteiger partial charge on any atom is -0.270 e. The molecule has 0 unspecified atom stereocenters. The van der Waals surface area contributed by atoms with Crippen LogP contribution in [0.4, 0.5) is 0 Å². The Bertz CT molecular complexity index is 1180. The Kier molecular flexibility index (Phi) is 5.64. The van der Waals surface area contributed by atoms with E-state index < -0.39 is 0 Å². The predicted molar refractivity (Wildman–Crippen MR) is 129 cm³/mol. The van der Waals surface area contributed by atoms with E-state index in [0.29, 0.717) is 22.3 Å².